The van der Waals surface area contributed by atoms with Gasteiger partial charge in [0, 0.05) is 49.8 Å². The maximum atomic E-state index is 6.09. The quantitative estimate of drug-likeness (QED) is 0.789. The van der Waals surface area contributed by atoms with E-state index in [1.165, 1.54) is 25.0 Å². The van der Waals surface area contributed by atoms with Crippen molar-refractivity contribution in [3.63, 3.8) is 0 Å². The van der Waals surface area contributed by atoms with Crippen molar-refractivity contribution >= 4 is 17.6 Å². The van der Waals surface area contributed by atoms with E-state index in [0.29, 0.717) is 11.8 Å². The lowest BCUT2D eigenvalue weighted by Gasteiger charge is -2.36. The number of H-pyrrole nitrogens is 1. The molecule has 130 valence electrons. The van der Waals surface area contributed by atoms with Gasteiger partial charge in [-0.1, -0.05) is 0 Å². The molecule has 1 saturated carbocycles. The van der Waals surface area contributed by atoms with E-state index in [2.05, 4.69) is 38.4 Å². The van der Waals surface area contributed by atoms with Gasteiger partial charge in [-0.25, -0.2) is 4.99 Å². The molecule has 4 rings (SSSR count). The van der Waals surface area contributed by atoms with E-state index < -0.39 is 0 Å². The molecule has 1 aromatic rings. The minimum absolute atomic E-state index is 0.225. The molecule has 1 aliphatic carbocycles. The zero-order valence-electron chi connectivity index (χ0n) is 14.3. The molecular formula is C17H27N7. The highest BCUT2D eigenvalue weighted by Crippen LogP contribution is 2.39. The fourth-order valence-electron chi connectivity index (χ4n) is 3.51. The lowest BCUT2D eigenvalue weighted by Crippen LogP contribution is -2.45. The Labute approximate surface area is 142 Å². The van der Waals surface area contributed by atoms with E-state index in [-0.39, 0.29) is 6.04 Å². The first kappa shape index (κ1) is 15.6. The molecule has 7 heteroatoms. The largest absolute Gasteiger partial charge is 0.341 e. The van der Waals surface area contributed by atoms with E-state index in [4.69, 9.17) is 10.7 Å². The van der Waals surface area contributed by atoms with Crippen molar-refractivity contribution in [3.8, 4) is 0 Å². The van der Waals surface area contributed by atoms with Crippen LogP contribution in [-0.2, 0) is 0 Å². The zero-order chi connectivity index (χ0) is 16.5. The van der Waals surface area contributed by atoms with Crippen LogP contribution in [0, 0.1) is 5.92 Å². The van der Waals surface area contributed by atoms with Crippen LogP contribution in [0.4, 0.5) is 5.82 Å². The van der Waals surface area contributed by atoms with E-state index >= 15 is 0 Å². The van der Waals surface area contributed by atoms with Gasteiger partial charge in [-0.15, -0.1) is 0 Å². The monoisotopic (exact) mass is 329 g/mol. The van der Waals surface area contributed by atoms with E-state index in [9.17, 15) is 0 Å². The van der Waals surface area contributed by atoms with Crippen molar-refractivity contribution in [1.82, 2.24) is 15.1 Å². The number of nitrogens with zero attached hydrogens (tertiary/aromatic N) is 4. The molecule has 0 radical (unpaired) electrons. The summed E-state index contributed by atoms with van der Waals surface area (Å²) in [6, 6.07) is 2.34. The van der Waals surface area contributed by atoms with Gasteiger partial charge < -0.3 is 16.0 Å². The molecule has 1 aromatic heterocycles. The van der Waals surface area contributed by atoms with Gasteiger partial charge >= 0.3 is 0 Å². The van der Waals surface area contributed by atoms with Crippen LogP contribution in [-0.4, -0.2) is 52.6 Å². The van der Waals surface area contributed by atoms with Crippen LogP contribution in [0.3, 0.4) is 0 Å². The molecule has 0 bridgehead atoms. The highest BCUT2D eigenvalue weighted by molar-refractivity contribution is 6.04. The molecule has 0 unspecified atom stereocenters. The number of rotatable bonds is 3. The normalized spacial score (nSPS) is 25.9. The van der Waals surface area contributed by atoms with Gasteiger partial charge in [0.25, 0.3) is 0 Å². The third-order valence-corrected chi connectivity index (χ3v) is 5.21. The minimum Gasteiger partial charge on any atom is -0.341 e. The number of likely N-dealkylation sites (tertiary alicyclic amines) is 1. The smallest absolute Gasteiger partial charge is 0.222 e. The average Bonchev–Trinajstić information content (AvgIpc) is 3.35. The molecule has 1 saturated heterocycles. The lowest BCUT2D eigenvalue weighted by molar-refractivity contribution is 0.233. The number of guanidine groups is 1. The molecule has 4 N–H and O–H groups in total. The molecule has 3 aliphatic rings. The Hall–Kier alpha value is -1.89. The van der Waals surface area contributed by atoms with E-state index in [1.807, 2.05) is 0 Å². The number of piperidine rings is 1. The van der Waals surface area contributed by atoms with Crippen molar-refractivity contribution in [2.45, 2.75) is 51.0 Å². The fourth-order valence-corrected chi connectivity index (χ4v) is 3.51. The summed E-state index contributed by atoms with van der Waals surface area (Å²) in [5, 5.41) is 10.8. The SMILES string of the molecule is C[C@@H](N)[C@H]1CCCN(C2=NCCC(Nc3cc(C4CC4)[nH]n3)=N2)C1. The molecule has 7 nitrogen and oxygen atoms in total. The highest BCUT2D eigenvalue weighted by Gasteiger charge is 2.27. The van der Waals surface area contributed by atoms with Gasteiger partial charge in [0.15, 0.2) is 5.82 Å². The second-order valence-electron chi connectivity index (χ2n) is 7.31. The van der Waals surface area contributed by atoms with Gasteiger partial charge in [-0.05, 0) is 38.5 Å². The summed E-state index contributed by atoms with van der Waals surface area (Å²) in [5.74, 6) is 3.89. The Bertz CT molecular complexity index is 641. The molecule has 0 spiro atoms. The van der Waals surface area contributed by atoms with Crippen molar-refractivity contribution in [1.29, 1.82) is 0 Å². The van der Waals surface area contributed by atoms with Crippen LogP contribution in [0.5, 0.6) is 0 Å². The second-order valence-corrected chi connectivity index (χ2v) is 7.31. The van der Waals surface area contributed by atoms with Crippen LogP contribution >= 0.6 is 0 Å². The number of hydrogen-bond acceptors (Lipinski definition) is 6. The van der Waals surface area contributed by atoms with Crippen LogP contribution in [0.15, 0.2) is 16.1 Å². The van der Waals surface area contributed by atoms with Gasteiger partial charge in [-0.2, -0.15) is 5.10 Å². The molecule has 2 fully saturated rings. The Morgan fingerprint density at radius 1 is 1.38 bits per heavy atom. The summed E-state index contributed by atoms with van der Waals surface area (Å²) in [6.45, 7) is 4.86. The molecule has 3 heterocycles. The second kappa shape index (κ2) is 6.55. The molecule has 0 amide bonds. The van der Waals surface area contributed by atoms with Gasteiger partial charge in [0.05, 0.1) is 0 Å². The maximum absolute atomic E-state index is 6.09. The number of aromatic nitrogens is 2. The number of aliphatic imine (C=N–C) groups is 2. The number of nitrogens with one attached hydrogen (secondary N) is 2. The van der Waals surface area contributed by atoms with Crippen molar-refractivity contribution < 1.29 is 0 Å². The molecule has 2 atom stereocenters. The Kier molecular flexibility index (Phi) is 4.26. The third-order valence-electron chi connectivity index (χ3n) is 5.21. The predicted octanol–water partition coefficient (Wildman–Crippen LogP) is 1.92. The van der Waals surface area contributed by atoms with E-state index in [1.54, 1.807) is 0 Å². The number of hydrogen-bond donors (Lipinski definition) is 3. The van der Waals surface area contributed by atoms with E-state index in [0.717, 1.165) is 50.1 Å². The zero-order valence-corrected chi connectivity index (χ0v) is 14.3. The first-order valence-electron chi connectivity index (χ1n) is 9.14. The maximum Gasteiger partial charge on any atom is 0.222 e. The van der Waals surface area contributed by atoms with Crippen molar-refractivity contribution in [3.05, 3.63) is 11.8 Å². The predicted molar refractivity (Wildman–Crippen MR) is 96.5 cm³/mol. The third kappa shape index (κ3) is 3.45. The number of nitrogens with two attached hydrogens (primary N) is 1. The number of anilines is 1. The topological polar surface area (TPSA) is 94.7 Å². The summed E-state index contributed by atoms with van der Waals surface area (Å²) in [6.07, 6.45) is 5.74. The van der Waals surface area contributed by atoms with Crippen LogP contribution in [0.25, 0.3) is 0 Å². The highest BCUT2D eigenvalue weighted by atomic mass is 15.3. The summed E-state index contributed by atoms with van der Waals surface area (Å²) in [7, 11) is 0. The van der Waals surface area contributed by atoms with Crippen molar-refractivity contribution in [2.24, 2.45) is 21.6 Å². The Morgan fingerprint density at radius 3 is 3.04 bits per heavy atom. The average molecular weight is 329 g/mol. The molecule has 24 heavy (non-hydrogen) atoms. The molecule has 2 aliphatic heterocycles. The number of amidine groups is 1. The van der Waals surface area contributed by atoms with Gasteiger partial charge in [0.1, 0.15) is 5.84 Å². The summed E-state index contributed by atoms with van der Waals surface area (Å²) >= 11 is 0. The van der Waals surface area contributed by atoms with Crippen molar-refractivity contribution in [2.75, 3.05) is 25.0 Å². The Balaban J connectivity index is 1.42. The molecular weight excluding hydrogens is 302 g/mol. The first-order valence-corrected chi connectivity index (χ1v) is 9.14. The minimum atomic E-state index is 0.225. The summed E-state index contributed by atoms with van der Waals surface area (Å²) in [4.78, 5) is 11.7. The standard InChI is InChI=1S/C17H27N7/c1-11(18)13-3-2-8-24(10-13)17-19-7-6-15(21-17)20-16-9-14(22-23-16)12-4-5-12/h9,11-13H,2-8,10,18H2,1H3,(H2,19,20,21,22,23)/t11-,13+/m1/s1. The van der Waals surface area contributed by atoms with Crippen LogP contribution < -0.4 is 11.1 Å². The van der Waals surface area contributed by atoms with Crippen LogP contribution in [0.1, 0.15) is 50.6 Å². The molecule has 0 aromatic carbocycles. The number of aromatic amines is 1. The van der Waals surface area contributed by atoms with Crippen LogP contribution in [0.2, 0.25) is 0 Å². The fraction of sp³-hybridized carbons (Fsp3) is 0.706. The van der Waals surface area contributed by atoms with Gasteiger partial charge in [-0.3, -0.25) is 10.1 Å². The Morgan fingerprint density at radius 2 is 2.25 bits per heavy atom. The first-order chi connectivity index (χ1) is 11.7. The lowest BCUT2D eigenvalue weighted by atomic mass is 9.92. The van der Waals surface area contributed by atoms with Gasteiger partial charge in [0.2, 0.25) is 5.96 Å². The summed E-state index contributed by atoms with van der Waals surface area (Å²) < 4.78 is 0. The summed E-state index contributed by atoms with van der Waals surface area (Å²) in [5.41, 5.74) is 7.33.